The van der Waals surface area contributed by atoms with Gasteiger partial charge in [0, 0.05) is 23.5 Å². The molecule has 3 rings (SSSR count). The first-order valence-electron chi connectivity index (χ1n) is 7.63. The van der Waals surface area contributed by atoms with Crippen molar-refractivity contribution in [2.75, 3.05) is 5.32 Å². The Hall–Kier alpha value is -2.10. The summed E-state index contributed by atoms with van der Waals surface area (Å²) in [6.07, 6.45) is 10.0. The lowest BCUT2D eigenvalue weighted by molar-refractivity contribution is 0.101. The standard InChI is InChI=1S/C17H20N2O2/c20-17(21-16-5-3-1-2-4-6-16)19-15-8-7-13-9-10-18-12-14(13)11-15/h7-12,16H,1-6H2,(H,19,20). The van der Waals surface area contributed by atoms with E-state index in [9.17, 15) is 4.79 Å². The maximum atomic E-state index is 12.0. The third-order valence-electron chi connectivity index (χ3n) is 3.96. The fraction of sp³-hybridized carbons (Fsp3) is 0.412. The van der Waals surface area contributed by atoms with E-state index in [1.807, 2.05) is 24.3 Å². The van der Waals surface area contributed by atoms with Crippen LogP contribution in [0.5, 0.6) is 0 Å². The van der Waals surface area contributed by atoms with Crippen LogP contribution < -0.4 is 5.32 Å². The van der Waals surface area contributed by atoms with Crippen molar-refractivity contribution in [3.05, 3.63) is 36.7 Å². The summed E-state index contributed by atoms with van der Waals surface area (Å²) in [5, 5.41) is 4.92. The minimum atomic E-state index is -0.356. The van der Waals surface area contributed by atoms with E-state index in [2.05, 4.69) is 10.3 Å². The van der Waals surface area contributed by atoms with Crippen LogP contribution >= 0.6 is 0 Å². The number of nitrogens with one attached hydrogen (secondary N) is 1. The smallest absolute Gasteiger partial charge is 0.411 e. The van der Waals surface area contributed by atoms with Crippen molar-refractivity contribution in [2.45, 2.75) is 44.6 Å². The third kappa shape index (κ3) is 3.72. The number of carbonyl (C=O) groups is 1. The van der Waals surface area contributed by atoms with Gasteiger partial charge in [0.15, 0.2) is 0 Å². The molecule has 1 aliphatic rings. The van der Waals surface area contributed by atoms with Crippen molar-refractivity contribution in [3.8, 4) is 0 Å². The number of aromatic nitrogens is 1. The van der Waals surface area contributed by atoms with Gasteiger partial charge in [-0.1, -0.05) is 18.9 Å². The summed E-state index contributed by atoms with van der Waals surface area (Å²) in [5.41, 5.74) is 0.745. The van der Waals surface area contributed by atoms with E-state index in [1.54, 1.807) is 12.4 Å². The van der Waals surface area contributed by atoms with Gasteiger partial charge in [-0.25, -0.2) is 4.79 Å². The van der Waals surface area contributed by atoms with Crippen LogP contribution in [0, 0.1) is 0 Å². The van der Waals surface area contributed by atoms with Gasteiger partial charge < -0.3 is 4.74 Å². The number of rotatable bonds is 2. The predicted octanol–water partition coefficient (Wildman–Crippen LogP) is 4.51. The predicted molar refractivity (Wildman–Crippen MR) is 83.3 cm³/mol. The lowest BCUT2D eigenvalue weighted by Gasteiger charge is -2.16. The average Bonchev–Trinajstić information content (AvgIpc) is 2.75. The van der Waals surface area contributed by atoms with Gasteiger partial charge in [0.2, 0.25) is 0 Å². The van der Waals surface area contributed by atoms with Crippen LogP contribution in [-0.2, 0) is 4.74 Å². The highest BCUT2D eigenvalue weighted by Gasteiger charge is 2.16. The van der Waals surface area contributed by atoms with E-state index < -0.39 is 0 Å². The highest BCUT2D eigenvalue weighted by molar-refractivity contribution is 5.90. The largest absolute Gasteiger partial charge is 0.446 e. The second-order valence-electron chi connectivity index (χ2n) is 5.58. The van der Waals surface area contributed by atoms with Gasteiger partial charge in [-0.15, -0.1) is 0 Å². The Morgan fingerprint density at radius 1 is 1.10 bits per heavy atom. The Morgan fingerprint density at radius 3 is 2.71 bits per heavy atom. The molecule has 1 heterocycles. The van der Waals surface area contributed by atoms with E-state index in [0.717, 1.165) is 42.1 Å². The number of ether oxygens (including phenoxy) is 1. The molecule has 1 aliphatic carbocycles. The molecule has 21 heavy (non-hydrogen) atoms. The van der Waals surface area contributed by atoms with Gasteiger partial charge in [0.05, 0.1) is 0 Å². The van der Waals surface area contributed by atoms with E-state index >= 15 is 0 Å². The summed E-state index contributed by atoms with van der Waals surface area (Å²) in [7, 11) is 0. The Labute approximate surface area is 124 Å². The lowest BCUT2D eigenvalue weighted by atomic mass is 10.1. The van der Waals surface area contributed by atoms with Crippen LogP contribution in [0.3, 0.4) is 0 Å². The van der Waals surface area contributed by atoms with Crippen molar-refractivity contribution in [1.29, 1.82) is 0 Å². The quantitative estimate of drug-likeness (QED) is 0.826. The summed E-state index contributed by atoms with van der Waals surface area (Å²) < 4.78 is 5.52. The molecule has 4 nitrogen and oxygen atoms in total. The SMILES string of the molecule is O=C(Nc1ccc2ccncc2c1)OC1CCCCCC1. The van der Waals surface area contributed by atoms with E-state index in [4.69, 9.17) is 4.74 Å². The summed E-state index contributed by atoms with van der Waals surface area (Å²) in [4.78, 5) is 16.1. The molecule has 0 saturated heterocycles. The van der Waals surface area contributed by atoms with Gasteiger partial charge in [-0.2, -0.15) is 0 Å². The van der Waals surface area contributed by atoms with Crippen LogP contribution in [0.1, 0.15) is 38.5 Å². The molecule has 4 heteroatoms. The molecule has 0 spiro atoms. The van der Waals surface area contributed by atoms with Gasteiger partial charge in [0.25, 0.3) is 0 Å². The first-order chi connectivity index (χ1) is 10.3. The number of amides is 1. The van der Waals surface area contributed by atoms with Gasteiger partial charge >= 0.3 is 6.09 Å². The molecule has 1 fully saturated rings. The molecule has 2 aromatic rings. The maximum Gasteiger partial charge on any atom is 0.411 e. The number of nitrogens with zero attached hydrogens (tertiary/aromatic N) is 1. The molecule has 0 bridgehead atoms. The van der Waals surface area contributed by atoms with Crippen molar-refractivity contribution in [2.24, 2.45) is 0 Å². The average molecular weight is 284 g/mol. The first kappa shape index (κ1) is 13.9. The number of hydrogen-bond donors (Lipinski definition) is 1. The highest BCUT2D eigenvalue weighted by atomic mass is 16.6. The van der Waals surface area contributed by atoms with Crippen LogP contribution in [-0.4, -0.2) is 17.2 Å². The number of carbonyl (C=O) groups excluding carboxylic acids is 1. The third-order valence-corrected chi connectivity index (χ3v) is 3.96. The number of benzene rings is 1. The fourth-order valence-electron chi connectivity index (χ4n) is 2.82. The molecular formula is C17H20N2O2. The maximum absolute atomic E-state index is 12.0. The summed E-state index contributed by atoms with van der Waals surface area (Å²) in [6, 6.07) is 7.72. The minimum Gasteiger partial charge on any atom is -0.446 e. The zero-order valence-electron chi connectivity index (χ0n) is 12.0. The summed E-state index contributed by atoms with van der Waals surface area (Å²) >= 11 is 0. The minimum absolute atomic E-state index is 0.0645. The van der Waals surface area contributed by atoms with E-state index in [1.165, 1.54) is 12.8 Å². The van der Waals surface area contributed by atoms with E-state index in [0.29, 0.717) is 0 Å². The molecular weight excluding hydrogens is 264 g/mol. The first-order valence-corrected chi connectivity index (χ1v) is 7.63. The van der Waals surface area contributed by atoms with Crippen LogP contribution in [0.15, 0.2) is 36.7 Å². The van der Waals surface area contributed by atoms with Crippen molar-refractivity contribution < 1.29 is 9.53 Å². The molecule has 0 atom stereocenters. The fourth-order valence-corrected chi connectivity index (χ4v) is 2.82. The summed E-state index contributed by atoms with van der Waals surface area (Å²) in [6.45, 7) is 0. The molecule has 110 valence electrons. The van der Waals surface area contributed by atoms with E-state index in [-0.39, 0.29) is 12.2 Å². The highest BCUT2D eigenvalue weighted by Crippen LogP contribution is 2.21. The molecule has 0 aliphatic heterocycles. The zero-order valence-corrected chi connectivity index (χ0v) is 12.0. The van der Waals surface area contributed by atoms with Gasteiger partial charge in [0.1, 0.15) is 6.10 Å². The number of anilines is 1. The number of fused-ring (bicyclic) bond motifs is 1. The Morgan fingerprint density at radius 2 is 1.90 bits per heavy atom. The Balaban J connectivity index is 1.62. The van der Waals surface area contributed by atoms with Crippen LogP contribution in [0.2, 0.25) is 0 Å². The second kappa shape index (κ2) is 6.57. The molecule has 1 aromatic heterocycles. The zero-order chi connectivity index (χ0) is 14.5. The second-order valence-corrected chi connectivity index (χ2v) is 5.58. The van der Waals surface area contributed by atoms with Crippen LogP contribution in [0.4, 0.5) is 10.5 Å². The number of pyridine rings is 1. The Bertz CT molecular complexity index is 619. The summed E-state index contributed by atoms with van der Waals surface area (Å²) in [5.74, 6) is 0. The molecule has 1 aromatic carbocycles. The van der Waals surface area contributed by atoms with Gasteiger partial charge in [-0.3, -0.25) is 10.3 Å². The van der Waals surface area contributed by atoms with Crippen molar-refractivity contribution >= 4 is 22.6 Å². The molecule has 1 saturated carbocycles. The Kier molecular flexibility index (Phi) is 4.34. The van der Waals surface area contributed by atoms with Gasteiger partial charge in [-0.05, 0) is 49.3 Å². The topological polar surface area (TPSA) is 51.2 Å². The molecule has 0 radical (unpaired) electrons. The van der Waals surface area contributed by atoms with Crippen LogP contribution in [0.25, 0.3) is 10.8 Å². The van der Waals surface area contributed by atoms with Crippen molar-refractivity contribution in [3.63, 3.8) is 0 Å². The lowest BCUT2D eigenvalue weighted by Crippen LogP contribution is -2.22. The normalized spacial score (nSPS) is 16.4. The van der Waals surface area contributed by atoms with Crippen molar-refractivity contribution in [1.82, 2.24) is 4.98 Å². The number of hydrogen-bond acceptors (Lipinski definition) is 3. The monoisotopic (exact) mass is 284 g/mol. The molecule has 1 N–H and O–H groups in total. The molecule has 0 unspecified atom stereocenters. The molecule has 1 amide bonds.